The highest BCUT2D eigenvalue weighted by atomic mass is 32.2. The Morgan fingerprint density at radius 2 is 1.97 bits per heavy atom. The van der Waals surface area contributed by atoms with Gasteiger partial charge in [-0.1, -0.05) is 23.9 Å². The van der Waals surface area contributed by atoms with Crippen molar-refractivity contribution in [2.45, 2.75) is 11.7 Å². The summed E-state index contributed by atoms with van der Waals surface area (Å²) in [6.07, 6.45) is 0. The molecule has 4 heterocycles. The zero-order chi connectivity index (χ0) is 21.2. The van der Waals surface area contributed by atoms with Gasteiger partial charge in [-0.15, -0.1) is 21.5 Å². The van der Waals surface area contributed by atoms with Crippen molar-refractivity contribution in [3.05, 3.63) is 41.3 Å². The SMILES string of the molecule is Nn1c(SCC(=O)N2CCN(Cc3ccc4c(c3)OCO4)CC2)nnc1-c1cccs1. The molecule has 1 aromatic carbocycles. The van der Waals surface area contributed by atoms with Crippen LogP contribution in [0.25, 0.3) is 10.7 Å². The van der Waals surface area contributed by atoms with Gasteiger partial charge in [-0.2, -0.15) is 0 Å². The fourth-order valence-electron chi connectivity index (χ4n) is 3.62. The van der Waals surface area contributed by atoms with Gasteiger partial charge < -0.3 is 20.2 Å². The largest absolute Gasteiger partial charge is 0.454 e. The summed E-state index contributed by atoms with van der Waals surface area (Å²) in [6, 6.07) is 9.94. The van der Waals surface area contributed by atoms with Gasteiger partial charge >= 0.3 is 0 Å². The highest BCUT2D eigenvalue weighted by molar-refractivity contribution is 7.99. The van der Waals surface area contributed by atoms with Crippen molar-refractivity contribution in [1.29, 1.82) is 0 Å². The predicted molar refractivity (Wildman–Crippen MR) is 119 cm³/mol. The number of thiophene rings is 1. The van der Waals surface area contributed by atoms with Gasteiger partial charge in [-0.3, -0.25) is 9.69 Å². The first-order chi connectivity index (χ1) is 15.2. The van der Waals surface area contributed by atoms with Crippen molar-refractivity contribution in [2.24, 2.45) is 0 Å². The molecule has 0 atom stereocenters. The minimum Gasteiger partial charge on any atom is -0.454 e. The summed E-state index contributed by atoms with van der Waals surface area (Å²) in [5.41, 5.74) is 1.18. The number of nitrogen functional groups attached to an aromatic ring is 1. The van der Waals surface area contributed by atoms with Crippen LogP contribution >= 0.6 is 23.1 Å². The third-order valence-corrected chi connectivity index (χ3v) is 7.09. The number of nitrogens with zero attached hydrogens (tertiary/aromatic N) is 5. The van der Waals surface area contributed by atoms with Gasteiger partial charge in [0.15, 0.2) is 17.3 Å². The van der Waals surface area contributed by atoms with Gasteiger partial charge in [-0.05, 0) is 29.1 Å². The molecule has 1 amide bonds. The Morgan fingerprint density at radius 3 is 2.77 bits per heavy atom. The van der Waals surface area contributed by atoms with E-state index in [0.717, 1.165) is 36.0 Å². The van der Waals surface area contributed by atoms with Crippen LogP contribution in [-0.2, 0) is 11.3 Å². The summed E-state index contributed by atoms with van der Waals surface area (Å²) in [6.45, 7) is 4.20. The van der Waals surface area contributed by atoms with E-state index in [4.69, 9.17) is 15.3 Å². The van der Waals surface area contributed by atoms with Crippen LogP contribution in [0.5, 0.6) is 11.5 Å². The molecule has 2 aliphatic rings. The number of rotatable bonds is 6. The summed E-state index contributed by atoms with van der Waals surface area (Å²) in [7, 11) is 0. The molecule has 0 aliphatic carbocycles. The second kappa shape index (κ2) is 8.77. The van der Waals surface area contributed by atoms with Crippen LogP contribution in [0.1, 0.15) is 5.56 Å². The average Bonchev–Trinajstić information content (AvgIpc) is 3.53. The van der Waals surface area contributed by atoms with Gasteiger partial charge in [0.05, 0.1) is 10.6 Å². The van der Waals surface area contributed by atoms with Crippen LogP contribution in [-0.4, -0.2) is 69.3 Å². The molecule has 1 fully saturated rings. The van der Waals surface area contributed by atoms with E-state index in [1.54, 1.807) is 11.3 Å². The van der Waals surface area contributed by atoms with E-state index < -0.39 is 0 Å². The number of hydrogen-bond donors (Lipinski definition) is 1. The highest BCUT2D eigenvalue weighted by Crippen LogP contribution is 2.33. The predicted octanol–water partition coefficient (Wildman–Crippen LogP) is 1.89. The molecule has 5 rings (SSSR count). The number of hydrogen-bond acceptors (Lipinski definition) is 9. The molecule has 31 heavy (non-hydrogen) atoms. The van der Waals surface area contributed by atoms with Crippen LogP contribution < -0.4 is 15.3 Å². The van der Waals surface area contributed by atoms with Gasteiger partial charge in [0, 0.05) is 32.7 Å². The number of fused-ring (bicyclic) bond motifs is 1. The molecule has 162 valence electrons. The lowest BCUT2D eigenvalue weighted by molar-refractivity contribution is -0.130. The number of aromatic nitrogens is 3. The van der Waals surface area contributed by atoms with Crippen molar-refractivity contribution in [3.8, 4) is 22.2 Å². The monoisotopic (exact) mass is 458 g/mol. The zero-order valence-electron chi connectivity index (χ0n) is 16.8. The van der Waals surface area contributed by atoms with Gasteiger partial charge in [0.2, 0.25) is 17.9 Å². The lowest BCUT2D eigenvalue weighted by Gasteiger charge is -2.34. The Kier molecular flexibility index (Phi) is 5.70. The van der Waals surface area contributed by atoms with Crippen LogP contribution in [0.4, 0.5) is 0 Å². The third kappa shape index (κ3) is 4.34. The number of amides is 1. The number of carbonyl (C=O) groups is 1. The second-order valence-corrected chi connectivity index (χ2v) is 9.18. The van der Waals surface area contributed by atoms with Crippen molar-refractivity contribution >= 4 is 29.0 Å². The van der Waals surface area contributed by atoms with Crippen molar-refractivity contribution in [2.75, 3.05) is 44.6 Å². The molecular weight excluding hydrogens is 436 g/mol. The standard InChI is InChI=1S/C20H22N6O3S2/c21-26-19(17-2-1-9-30-17)22-23-20(26)31-12-18(27)25-7-5-24(6-8-25)11-14-3-4-15-16(10-14)29-13-28-15/h1-4,9-10H,5-8,11-13,21H2. The first-order valence-corrected chi connectivity index (χ1v) is 11.8. The summed E-state index contributed by atoms with van der Waals surface area (Å²) in [5, 5.41) is 10.8. The van der Waals surface area contributed by atoms with Gasteiger partial charge in [0.25, 0.3) is 0 Å². The fourth-order valence-corrected chi connectivity index (χ4v) is 5.08. The molecule has 1 saturated heterocycles. The summed E-state index contributed by atoms with van der Waals surface area (Å²) < 4.78 is 12.3. The Hall–Kier alpha value is -2.76. The maximum atomic E-state index is 12.7. The molecule has 9 nitrogen and oxygen atoms in total. The van der Waals surface area contributed by atoms with Crippen LogP contribution in [0.3, 0.4) is 0 Å². The lowest BCUT2D eigenvalue weighted by atomic mass is 10.1. The molecule has 2 aromatic heterocycles. The van der Waals surface area contributed by atoms with E-state index in [-0.39, 0.29) is 12.7 Å². The number of thioether (sulfide) groups is 1. The molecule has 0 spiro atoms. The summed E-state index contributed by atoms with van der Waals surface area (Å²) in [5.74, 6) is 8.71. The average molecular weight is 459 g/mol. The molecule has 0 unspecified atom stereocenters. The number of carbonyl (C=O) groups excluding carboxylic acids is 1. The second-order valence-electron chi connectivity index (χ2n) is 7.29. The maximum Gasteiger partial charge on any atom is 0.233 e. The van der Waals surface area contributed by atoms with E-state index in [9.17, 15) is 4.79 Å². The number of nitrogens with two attached hydrogens (primary N) is 1. The van der Waals surface area contributed by atoms with Gasteiger partial charge in [0.1, 0.15) is 0 Å². The maximum absolute atomic E-state index is 12.7. The summed E-state index contributed by atoms with van der Waals surface area (Å²) in [4.78, 5) is 17.9. The van der Waals surface area contributed by atoms with Crippen LogP contribution in [0.15, 0.2) is 40.9 Å². The molecule has 0 saturated carbocycles. The van der Waals surface area contributed by atoms with Crippen LogP contribution in [0.2, 0.25) is 0 Å². The molecule has 3 aromatic rings. The minimum absolute atomic E-state index is 0.0911. The van der Waals surface area contributed by atoms with Gasteiger partial charge in [-0.25, -0.2) is 4.68 Å². The number of ether oxygens (including phenoxy) is 2. The number of benzene rings is 1. The number of piperazine rings is 1. The zero-order valence-corrected chi connectivity index (χ0v) is 18.4. The molecule has 0 radical (unpaired) electrons. The first kappa shape index (κ1) is 20.2. The van der Waals surface area contributed by atoms with E-state index in [1.807, 2.05) is 34.5 Å². The van der Waals surface area contributed by atoms with Crippen molar-refractivity contribution in [1.82, 2.24) is 24.7 Å². The molecule has 0 bridgehead atoms. The molecule has 11 heteroatoms. The molecular formula is C20H22N6O3S2. The fraction of sp³-hybridized carbons (Fsp3) is 0.350. The summed E-state index contributed by atoms with van der Waals surface area (Å²) >= 11 is 2.87. The Bertz CT molecular complexity index is 1060. The van der Waals surface area contributed by atoms with Crippen molar-refractivity contribution in [3.63, 3.8) is 0 Å². The lowest BCUT2D eigenvalue weighted by Crippen LogP contribution is -2.48. The highest BCUT2D eigenvalue weighted by Gasteiger charge is 2.23. The van der Waals surface area contributed by atoms with E-state index in [1.165, 1.54) is 22.0 Å². The molecule has 2 N–H and O–H groups in total. The third-order valence-electron chi connectivity index (χ3n) is 5.30. The Balaban J connectivity index is 1.11. The van der Waals surface area contributed by atoms with E-state index in [0.29, 0.717) is 29.8 Å². The topological polar surface area (TPSA) is 98.7 Å². The Morgan fingerprint density at radius 1 is 1.13 bits per heavy atom. The van der Waals surface area contributed by atoms with E-state index in [2.05, 4.69) is 21.2 Å². The van der Waals surface area contributed by atoms with Crippen molar-refractivity contribution < 1.29 is 14.3 Å². The smallest absolute Gasteiger partial charge is 0.233 e. The van der Waals surface area contributed by atoms with Crippen LogP contribution in [0, 0.1) is 0 Å². The van der Waals surface area contributed by atoms with E-state index >= 15 is 0 Å². The quantitative estimate of drug-likeness (QED) is 0.442. The normalized spacial score (nSPS) is 16.1. The Labute approximate surface area is 187 Å². The first-order valence-electron chi connectivity index (χ1n) is 9.93. The molecule has 2 aliphatic heterocycles. The minimum atomic E-state index is 0.0911.